The number of ketones is 1. The predicted molar refractivity (Wildman–Crippen MR) is 83.0 cm³/mol. The number of benzene rings is 2. The number of carbonyl (C=O) groups excluding carboxylic acids is 1. The van der Waals surface area contributed by atoms with Crippen LogP contribution in [0, 0.1) is 0 Å². The quantitative estimate of drug-likeness (QED) is 0.705. The van der Waals surface area contributed by atoms with Crippen molar-refractivity contribution in [3.63, 3.8) is 0 Å². The van der Waals surface area contributed by atoms with Crippen LogP contribution >= 0.6 is 23.2 Å². The number of rotatable bonds is 2. The van der Waals surface area contributed by atoms with Crippen LogP contribution in [0.15, 0.2) is 36.4 Å². The molecule has 0 heterocycles. The van der Waals surface area contributed by atoms with Crippen LogP contribution < -0.4 is 0 Å². The molecule has 3 heteroatoms. The molecule has 0 atom stereocenters. The van der Waals surface area contributed by atoms with Gasteiger partial charge in [-0.05, 0) is 61.1 Å². The first-order chi connectivity index (χ1) is 9.65. The van der Waals surface area contributed by atoms with E-state index in [9.17, 15) is 4.79 Å². The molecule has 0 aliphatic heterocycles. The molecule has 0 unspecified atom stereocenters. The molecule has 20 heavy (non-hydrogen) atoms. The molecule has 2 aromatic rings. The third kappa shape index (κ3) is 2.61. The maximum Gasteiger partial charge on any atom is 0.194 e. The van der Waals surface area contributed by atoms with E-state index in [0.29, 0.717) is 21.2 Å². The fraction of sp³-hybridized carbons (Fsp3) is 0.235. The molecule has 0 fully saturated rings. The Balaban J connectivity index is 2.00. The Morgan fingerprint density at radius 3 is 2.45 bits per heavy atom. The Labute approximate surface area is 128 Å². The minimum atomic E-state index is -0.0640. The summed E-state index contributed by atoms with van der Waals surface area (Å²) >= 11 is 12.1. The molecule has 0 spiro atoms. The summed E-state index contributed by atoms with van der Waals surface area (Å²) in [6.45, 7) is 0. The van der Waals surface area contributed by atoms with E-state index in [1.165, 1.54) is 24.0 Å². The highest BCUT2D eigenvalue weighted by Gasteiger charge is 2.16. The third-order valence-electron chi connectivity index (χ3n) is 3.78. The molecule has 0 bridgehead atoms. The standard InChI is InChI=1S/C17H14Cl2O/c18-14-7-8-16(19)15(10-14)17(20)13-6-5-11-3-1-2-4-12(11)9-13/h5-10H,1-4H2. The van der Waals surface area contributed by atoms with Crippen LogP contribution in [0.25, 0.3) is 0 Å². The Morgan fingerprint density at radius 2 is 1.65 bits per heavy atom. The van der Waals surface area contributed by atoms with Gasteiger partial charge < -0.3 is 0 Å². The fourth-order valence-corrected chi connectivity index (χ4v) is 3.08. The lowest BCUT2D eigenvalue weighted by molar-refractivity contribution is 0.103. The lowest BCUT2D eigenvalue weighted by Crippen LogP contribution is -2.07. The summed E-state index contributed by atoms with van der Waals surface area (Å²) in [5.74, 6) is -0.0640. The number of hydrogen-bond acceptors (Lipinski definition) is 1. The SMILES string of the molecule is O=C(c1ccc2c(c1)CCCC2)c1cc(Cl)ccc1Cl. The maximum atomic E-state index is 12.6. The Kier molecular flexibility index (Phi) is 3.82. The molecule has 0 amide bonds. The van der Waals surface area contributed by atoms with Crippen LogP contribution in [0.5, 0.6) is 0 Å². The average Bonchev–Trinajstić information content (AvgIpc) is 2.48. The van der Waals surface area contributed by atoms with Crippen molar-refractivity contribution in [2.24, 2.45) is 0 Å². The van der Waals surface area contributed by atoms with Crippen LogP contribution in [-0.2, 0) is 12.8 Å². The van der Waals surface area contributed by atoms with Crippen molar-refractivity contribution >= 4 is 29.0 Å². The van der Waals surface area contributed by atoms with E-state index in [-0.39, 0.29) is 5.78 Å². The molecule has 2 aromatic carbocycles. The summed E-state index contributed by atoms with van der Waals surface area (Å²) in [5, 5.41) is 0.966. The van der Waals surface area contributed by atoms with E-state index < -0.39 is 0 Å². The van der Waals surface area contributed by atoms with Gasteiger partial charge in [-0.3, -0.25) is 4.79 Å². The molecule has 0 aromatic heterocycles. The lowest BCUT2D eigenvalue weighted by Gasteiger charge is -2.16. The van der Waals surface area contributed by atoms with E-state index in [4.69, 9.17) is 23.2 Å². The van der Waals surface area contributed by atoms with Crippen LogP contribution in [0.1, 0.15) is 39.9 Å². The van der Waals surface area contributed by atoms with Crippen molar-refractivity contribution < 1.29 is 4.79 Å². The highest BCUT2D eigenvalue weighted by Crippen LogP contribution is 2.26. The van der Waals surface area contributed by atoms with Crippen molar-refractivity contribution in [3.05, 3.63) is 68.7 Å². The van der Waals surface area contributed by atoms with Gasteiger partial charge in [-0.2, -0.15) is 0 Å². The normalized spacial score (nSPS) is 13.9. The van der Waals surface area contributed by atoms with Crippen molar-refractivity contribution in [1.82, 2.24) is 0 Å². The van der Waals surface area contributed by atoms with E-state index in [2.05, 4.69) is 6.07 Å². The van der Waals surface area contributed by atoms with Gasteiger partial charge in [0.1, 0.15) is 0 Å². The van der Waals surface area contributed by atoms with Crippen molar-refractivity contribution in [1.29, 1.82) is 0 Å². The van der Waals surface area contributed by atoms with Gasteiger partial charge in [-0.1, -0.05) is 35.3 Å². The fourth-order valence-electron chi connectivity index (χ4n) is 2.70. The summed E-state index contributed by atoms with van der Waals surface area (Å²) in [6.07, 6.45) is 4.60. The minimum Gasteiger partial charge on any atom is -0.289 e. The van der Waals surface area contributed by atoms with Crippen molar-refractivity contribution in [2.75, 3.05) is 0 Å². The van der Waals surface area contributed by atoms with Gasteiger partial charge in [0.05, 0.1) is 5.02 Å². The highest BCUT2D eigenvalue weighted by atomic mass is 35.5. The van der Waals surface area contributed by atoms with Gasteiger partial charge in [0.15, 0.2) is 5.78 Å². The summed E-state index contributed by atoms with van der Waals surface area (Å²) < 4.78 is 0. The van der Waals surface area contributed by atoms with E-state index in [1.54, 1.807) is 18.2 Å². The van der Waals surface area contributed by atoms with Gasteiger partial charge in [0.25, 0.3) is 0 Å². The minimum absolute atomic E-state index is 0.0640. The Hall–Kier alpha value is -1.31. The Morgan fingerprint density at radius 1 is 0.900 bits per heavy atom. The lowest BCUT2D eigenvalue weighted by atomic mass is 9.89. The second-order valence-electron chi connectivity index (χ2n) is 5.14. The van der Waals surface area contributed by atoms with Crippen molar-refractivity contribution in [3.8, 4) is 0 Å². The first-order valence-electron chi connectivity index (χ1n) is 6.77. The molecule has 1 aliphatic carbocycles. The maximum absolute atomic E-state index is 12.6. The smallest absolute Gasteiger partial charge is 0.194 e. The van der Waals surface area contributed by atoms with Gasteiger partial charge >= 0.3 is 0 Å². The van der Waals surface area contributed by atoms with Crippen molar-refractivity contribution in [2.45, 2.75) is 25.7 Å². The number of aryl methyl sites for hydroxylation is 2. The second-order valence-corrected chi connectivity index (χ2v) is 5.99. The third-order valence-corrected chi connectivity index (χ3v) is 4.35. The monoisotopic (exact) mass is 304 g/mol. The molecule has 1 nitrogen and oxygen atoms in total. The first-order valence-corrected chi connectivity index (χ1v) is 7.52. The van der Waals surface area contributed by atoms with Crippen LogP contribution in [0.2, 0.25) is 10.0 Å². The largest absolute Gasteiger partial charge is 0.289 e. The topological polar surface area (TPSA) is 17.1 Å². The van der Waals surface area contributed by atoms with E-state index in [0.717, 1.165) is 12.8 Å². The van der Waals surface area contributed by atoms with Gasteiger partial charge in [-0.25, -0.2) is 0 Å². The summed E-state index contributed by atoms with van der Waals surface area (Å²) in [5.41, 5.74) is 3.81. The summed E-state index contributed by atoms with van der Waals surface area (Å²) in [6, 6.07) is 11.0. The van der Waals surface area contributed by atoms with Crippen LogP contribution in [0.3, 0.4) is 0 Å². The molecule has 0 saturated heterocycles. The molecule has 1 aliphatic rings. The van der Waals surface area contributed by atoms with Crippen LogP contribution in [0.4, 0.5) is 0 Å². The van der Waals surface area contributed by atoms with E-state index in [1.807, 2.05) is 12.1 Å². The van der Waals surface area contributed by atoms with Gasteiger partial charge in [-0.15, -0.1) is 0 Å². The first kappa shape index (κ1) is 13.7. The molecule has 0 N–H and O–H groups in total. The summed E-state index contributed by atoms with van der Waals surface area (Å²) in [4.78, 5) is 12.6. The molecule has 0 saturated carbocycles. The van der Waals surface area contributed by atoms with Gasteiger partial charge in [0.2, 0.25) is 0 Å². The summed E-state index contributed by atoms with van der Waals surface area (Å²) in [7, 11) is 0. The zero-order valence-corrected chi connectivity index (χ0v) is 12.5. The van der Waals surface area contributed by atoms with Gasteiger partial charge in [0, 0.05) is 16.1 Å². The molecule has 3 rings (SSSR count). The molecular formula is C17H14Cl2O. The number of halogens is 2. The molecule has 0 radical (unpaired) electrons. The highest BCUT2D eigenvalue weighted by molar-refractivity contribution is 6.36. The predicted octanol–water partition coefficient (Wildman–Crippen LogP) is 5.10. The molecular weight excluding hydrogens is 291 g/mol. The Bertz CT molecular complexity index is 677. The van der Waals surface area contributed by atoms with E-state index >= 15 is 0 Å². The zero-order chi connectivity index (χ0) is 14.1. The number of hydrogen-bond donors (Lipinski definition) is 0. The average molecular weight is 305 g/mol. The molecule has 102 valence electrons. The van der Waals surface area contributed by atoms with Crippen LogP contribution in [-0.4, -0.2) is 5.78 Å². The number of fused-ring (bicyclic) bond motifs is 1. The second kappa shape index (κ2) is 5.59. The number of carbonyl (C=O) groups is 1. The zero-order valence-electron chi connectivity index (χ0n) is 11.0.